The van der Waals surface area contributed by atoms with Crippen LogP contribution in [0.5, 0.6) is 0 Å². The number of pyridine rings is 1. The number of nitrogens with zero attached hydrogens (tertiary/aromatic N) is 1. The Kier molecular flexibility index (Phi) is 3.69. The number of rotatable bonds is 3. The molecule has 0 spiro atoms. The van der Waals surface area contributed by atoms with Crippen LogP contribution in [-0.2, 0) is 20.7 Å². The number of fused-ring (bicyclic) bond motifs is 1. The Morgan fingerprint density at radius 3 is 3.05 bits per heavy atom. The van der Waals surface area contributed by atoms with Crippen LogP contribution in [0.15, 0.2) is 18.3 Å². The average Bonchev–Trinajstić information content (AvgIpc) is 2.97. The molecule has 2 aliphatic heterocycles. The minimum Gasteiger partial charge on any atom is -0.388 e. The van der Waals surface area contributed by atoms with E-state index in [1.807, 2.05) is 19.1 Å². The highest BCUT2D eigenvalue weighted by molar-refractivity contribution is 5.78. The molecule has 1 amide bonds. The predicted molar refractivity (Wildman–Crippen MR) is 70.1 cm³/mol. The largest absolute Gasteiger partial charge is 0.388 e. The Morgan fingerprint density at radius 1 is 1.45 bits per heavy atom. The van der Waals surface area contributed by atoms with Gasteiger partial charge in [0.1, 0.15) is 18.3 Å². The van der Waals surface area contributed by atoms with Gasteiger partial charge in [-0.25, -0.2) is 0 Å². The lowest BCUT2D eigenvalue weighted by Crippen LogP contribution is -2.44. The third-order valence-electron chi connectivity index (χ3n) is 3.82. The minimum absolute atomic E-state index is 0.106. The molecule has 0 aromatic carbocycles. The molecule has 108 valence electrons. The average molecular weight is 278 g/mol. The van der Waals surface area contributed by atoms with Gasteiger partial charge in [-0.3, -0.25) is 9.78 Å². The summed E-state index contributed by atoms with van der Waals surface area (Å²) in [6.45, 7) is 2.57. The van der Waals surface area contributed by atoms with Gasteiger partial charge in [0.2, 0.25) is 5.91 Å². The first kappa shape index (κ1) is 13.5. The highest BCUT2D eigenvalue weighted by atomic mass is 16.6. The molecular formula is C14H18N2O4. The van der Waals surface area contributed by atoms with Crippen molar-refractivity contribution in [1.29, 1.82) is 0 Å². The molecule has 0 aliphatic carbocycles. The summed E-state index contributed by atoms with van der Waals surface area (Å²) >= 11 is 0. The molecule has 2 N–H and O–H groups in total. The van der Waals surface area contributed by atoms with Gasteiger partial charge >= 0.3 is 0 Å². The smallest absolute Gasteiger partial charge is 0.226 e. The molecule has 20 heavy (non-hydrogen) atoms. The maximum absolute atomic E-state index is 12.1. The van der Waals surface area contributed by atoms with Crippen molar-refractivity contribution < 1.29 is 19.4 Å². The van der Waals surface area contributed by atoms with Gasteiger partial charge in [-0.15, -0.1) is 0 Å². The summed E-state index contributed by atoms with van der Waals surface area (Å²) in [5, 5.41) is 12.6. The molecule has 0 bridgehead atoms. The number of nitrogens with one attached hydrogen (secondary N) is 1. The highest BCUT2D eigenvalue weighted by Crippen LogP contribution is 2.26. The van der Waals surface area contributed by atoms with Crippen LogP contribution in [0.25, 0.3) is 0 Å². The van der Waals surface area contributed by atoms with Crippen LogP contribution in [0.4, 0.5) is 0 Å². The molecule has 3 rings (SSSR count). The van der Waals surface area contributed by atoms with E-state index >= 15 is 0 Å². The van der Waals surface area contributed by atoms with Gasteiger partial charge in [-0.1, -0.05) is 6.07 Å². The Bertz CT molecular complexity index is 508. The Morgan fingerprint density at radius 2 is 2.25 bits per heavy atom. The summed E-state index contributed by atoms with van der Waals surface area (Å²) < 4.78 is 10.9. The first-order valence-electron chi connectivity index (χ1n) is 6.76. The second-order valence-corrected chi connectivity index (χ2v) is 5.28. The van der Waals surface area contributed by atoms with E-state index in [2.05, 4.69) is 10.3 Å². The van der Waals surface area contributed by atoms with Crippen molar-refractivity contribution in [2.75, 3.05) is 13.2 Å². The third-order valence-corrected chi connectivity index (χ3v) is 3.82. The summed E-state index contributed by atoms with van der Waals surface area (Å²) in [4.78, 5) is 16.3. The number of ether oxygens (including phenoxy) is 2. The van der Waals surface area contributed by atoms with Crippen molar-refractivity contribution in [3.05, 3.63) is 29.6 Å². The summed E-state index contributed by atoms with van der Waals surface area (Å²) in [6.07, 6.45) is 0.750. The SMILES string of the molecule is Cc1cccnc1CC(=O)N[C@@H]1CO[C@H]2[C@@H]1OC[C@H]2O. The van der Waals surface area contributed by atoms with Crippen LogP contribution in [0.3, 0.4) is 0 Å². The van der Waals surface area contributed by atoms with Crippen molar-refractivity contribution in [2.24, 2.45) is 0 Å². The summed E-state index contributed by atoms with van der Waals surface area (Å²) in [6, 6.07) is 3.58. The van der Waals surface area contributed by atoms with Crippen LogP contribution in [0.2, 0.25) is 0 Å². The Hall–Kier alpha value is -1.50. The predicted octanol–water partition coefficient (Wildman–Crippen LogP) is -0.424. The molecular weight excluding hydrogens is 260 g/mol. The molecule has 0 saturated carbocycles. The Balaban J connectivity index is 1.59. The molecule has 1 aromatic rings. The molecule has 6 nitrogen and oxygen atoms in total. The molecule has 4 atom stereocenters. The molecule has 1 aromatic heterocycles. The lowest BCUT2D eigenvalue weighted by atomic mass is 10.1. The lowest BCUT2D eigenvalue weighted by molar-refractivity contribution is -0.121. The fourth-order valence-electron chi connectivity index (χ4n) is 2.72. The van der Waals surface area contributed by atoms with E-state index in [4.69, 9.17) is 9.47 Å². The van der Waals surface area contributed by atoms with Crippen LogP contribution in [0, 0.1) is 6.92 Å². The minimum atomic E-state index is -0.597. The zero-order valence-electron chi connectivity index (χ0n) is 11.3. The zero-order chi connectivity index (χ0) is 14.1. The lowest BCUT2D eigenvalue weighted by Gasteiger charge is -2.17. The standard InChI is InChI=1S/C14H18N2O4/c1-8-3-2-4-15-9(8)5-12(18)16-10-6-19-14-11(17)7-20-13(10)14/h2-4,10-11,13-14,17H,5-7H2,1H3,(H,16,18)/t10-,11-,13-,14-/m1/s1. The maximum Gasteiger partial charge on any atom is 0.226 e. The topological polar surface area (TPSA) is 80.7 Å². The van der Waals surface area contributed by atoms with Crippen LogP contribution < -0.4 is 5.32 Å². The van der Waals surface area contributed by atoms with Crippen molar-refractivity contribution in [2.45, 2.75) is 37.7 Å². The van der Waals surface area contributed by atoms with Crippen molar-refractivity contribution in [3.63, 3.8) is 0 Å². The van der Waals surface area contributed by atoms with E-state index in [-0.39, 0.29) is 37.2 Å². The second-order valence-electron chi connectivity index (χ2n) is 5.28. The summed E-state index contributed by atoms with van der Waals surface area (Å²) in [5.41, 5.74) is 1.77. The van der Waals surface area contributed by atoms with Crippen molar-refractivity contribution >= 4 is 5.91 Å². The maximum atomic E-state index is 12.1. The fraction of sp³-hybridized carbons (Fsp3) is 0.571. The van der Waals surface area contributed by atoms with Crippen molar-refractivity contribution in [3.8, 4) is 0 Å². The fourth-order valence-corrected chi connectivity index (χ4v) is 2.72. The summed E-state index contributed by atoms with van der Waals surface area (Å²) in [5.74, 6) is -0.106. The molecule has 3 heterocycles. The van der Waals surface area contributed by atoms with E-state index in [0.717, 1.165) is 11.3 Å². The number of aliphatic hydroxyl groups excluding tert-OH is 1. The van der Waals surface area contributed by atoms with Crippen LogP contribution >= 0.6 is 0 Å². The summed E-state index contributed by atoms with van der Waals surface area (Å²) in [7, 11) is 0. The molecule has 0 unspecified atom stereocenters. The first-order valence-corrected chi connectivity index (χ1v) is 6.76. The van der Waals surface area contributed by atoms with Gasteiger partial charge in [-0.2, -0.15) is 0 Å². The molecule has 2 aliphatic rings. The van der Waals surface area contributed by atoms with Gasteiger partial charge in [0, 0.05) is 6.20 Å². The molecule has 0 radical (unpaired) electrons. The second kappa shape index (κ2) is 5.47. The first-order chi connectivity index (χ1) is 9.65. The number of aryl methyl sites for hydroxylation is 1. The number of carbonyl (C=O) groups excluding carboxylic acids is 1. The zero-order valence-corrected chi connectivity index (χ0v) is 11.3. The van der Waals surface area contributed by atoms with E-state index < -0.39 is 6.10 Å². The Labute approximate surface area is 117 Å². The third kappa shape index (κ3) is 2.54. The van der Waals surface area contributed by atoms with Gasteiger partial charge in [0.05, 0.1) is 31.4 Å². The van der Waals surface area contributed by atoms with Gasteiger partial charge < -0.3 is 19.9 Å². The number of aliphatic hydroxyl groups is 1. The van der Waals surface area contributed by atoms with E-state index in [1.54, 1.807) is 6.20 Å². The number of hydrogen-bond donors (Lipinski definition) is 2. The van der Waals surface area contributed by atoms with Crippen LogP contribution in [0.1, 0.15) is 11.3 Å². The number of hydrogen-bond acceptors (Lipinski definition) is 5. The number of amides is 1. The number of carbonyl (C=O) groups is 1. The van der Waals surface area contributed by atoms with Crippen LogP contribution in [-0.4, -0.2) is 53.6 Å². The normalized spacial score (nSPS) is 32.1. The van der Waals surface area contributed by atoms with Gasteiger partial charge in [0.15, 0.2) is 0 Å². The monoisotopic (exact) mass is 278 g/mol. The van der Waals surface area contributed by atoms with Gasteiger partial charge in [-0.05, 0) is 18.6 Å². The molecule has 6 heteroatoms. The van der Waals surface area contributed by atoms with Gasteiger partial charge in [0.25, 0.3) is 0 Å². The number of aromatic nitrogens is 1. The molecule has 2 saturated heterocycles. The quantitative estimate of drug-likeness (QED) is 0.784. The van der Waals surface area contributed by atoms with E-state index in [0.29, 0.717) is 6.61 Å². The van der Waals surface area contributed by atoms with E-state index in [1.165, 1.54) is 0 Å². The van der Waals surface area contributed by atoms with E-state index in [9.17, 15) is 9.90 Å². The van der Waals surface area contributed by atoms with Crippen molar-refractivity contribution in [1.82, 2.24) is 10.3 Å². The highest BCUT2D eigenvalue weighted by Gasteiger charge is 2.47. The molecule has 2 fully saturated rings.